The van der Waals surface area contributed by atoms with Crippen molar-refractivity contribution in [2.75, 3.05) is 20.8 Å². The zero-order valence-electron chi connectivity index (χ0n) is 19.6. The van der Waals surface area contributed by atoms with Crippen molar-refractivity contribution in [1.82, 2.24) is 10.2 Å². The zero-order valence-corrected chi connectivity index (χ0v) is 19.6. The van der Waals surface area contributed by atoms with Gasteiger partial charge in [-0.1, -0.05) is 48.0 Å². The first-order valence-electron chi connectivity index (χ1n) is 11.5. The Hall–Kier alpha value is -3.80. The lowest BCUT2D eigenvalue weighted by Crippen LogP contribution is -2.50. The summed E-state index contributed by atoms with van der Waals surface area (Å²) in [6.07, 6.45) is 0.692. The van der Waals surface area contributed by atoms with Crippen LogP contribution in [-0.2, 0) is 17.8 Å². The van der Waals surface area contributed by atoms with Gasteiger partial charge in [-0.25, -0.2) is 0 Å². The van der Waals surface area contributed by atoms with E-state index in [0.717, 1.165) is 22.3 Å². The van der Waals surface area contributed by atoms with Gasteiger partial charge in [0, 0.05) is 18.7 Å². The number of benzene rings is 3. The van der Waals surface area contributed by atoms with Gasteiger partial charge < -0.3 is 19.7 Å². The van der Waals surface area contributed by atoms with Crippen molar-refractivity contribution >= 4 is 11.8 Å². The highest BCUT2D eigenvalue weighted by Crippen LogP contribution is 2.48. The topological polar surface area (TPSA) is 67.9 Å². The average Bonchev–Trinajstić information content (AvgIpc) is 2.87. The maximum Gasteiger partial charge on any atom is 0.254 e. The van der Waals surface area contributed by atoms with Crippen LogP contribution in [0.5, 0.6) is 11.5 Å². The highest BCUT2D eigenvalue weighted by Gasteiger charge is 2.46. The molecule has 3 aromatic rings. The molecule has 2 heterocycles. The fraction of sp³-hybridized carbons (Fsp3) is 0.286. The Labute approximate surface area is 199 Å². The van der Waals surface area contributed by atoms with Gasteiger partial charge in [0.1, 0.15) is 0 Å². The van der Waals surface area contributed by atoms with E-state index in [1.54, 1.807) is 14.2 Å². The summed E-state index contributed by atoms with van der Waals surface area (Å²) in [5, 5.41) is 3.13. The first-order valence-corrected chi connectivity index (χ1v) is 11.5. The van der Waals surface area contributed by atoms with Crippen molar-refractivity contribution in [2.24, 2.45) is 0 Å². The van der Waals surface area contributed by atoms with Crippen LogP contribution in [0, 0.1) is 6.92 Å². The second kappa shape index (κ2) is 8.86. The summed E-state index contributed by atoms with van der Waals surface area (Å²) in [6, 6.07) is 19.1. The highest BCUT2D eigenvalue weighted by molar-refractivity contribution is 6.01. The predicted octanol–water partition coefficient (Wildman–Crippen LogP) is 4.17. The number of amides is 2. The van der Waals surface area contributed by atoms with Crippen LogP contribution >= 0.6 is 0 Å². The number of carbonyl (C=O) groups excluding carboxylic acids is 2. The third-order valence-electron chi connectivity index (χ3n) is 6.89. The number of nitrogens with zero attached hydrogens (tertiary/aromatic N) is 1. The van der Waals surface area contributed by atoms with Crippen molar-refractivity contribution in [3.8, 4) is 11.5 Å². The Morgan fingerprint density at radius 3 is 2.44 bits per heavy atom. The molecular weight excluding hydrogens is 428 g/mol. The number of hydrogen-bond acceptors (Lipinski definition) is 4. The molecule has 34 heavy (non-hydrogen) atoms. The number of hydrogen-bond donors (Lipinski definition) is 1. The van der Waals surface area contributed by atoms with Crippen LogP contribution in [0.25, 0.3) is 0 Å². The van der Waals surface area contributed by atoms with Crippen molar-refractivity contribution in [1.29, 1.82) is 0 Å². The summed E-state index contributed by atoms with van der Waals surface area (Å²) in [6.45, 7) is 3.01. The molecule has 2 aliphatic rings. The van der Waals surface area contributed by atoms with Crippen LogP contribution in [0.2, 0.25) is 0 Å². The number of aryl methyl sites for hydroxylation is 1. The van der Waals surface area contributed by atoms with E-state index in [1.807, 2.05) is 72.5 Å². The lowest BCUT2D eigenvalue weighted by molar-refractivity contribution is -0.124. The lowest BCUT2D eigenvalue weighted by Gasteiger charge is -2.45. The van der Waals surface area contributed by atoms with Crippen LogP contribution in [0.3, 0.4) is 0 Å². The molecule has 6 nitrogen and oxygen atoms in total. The molecule has 0 aliphatic carbocycles. The highest BCUT2D eigenvalue weighted by atomic mass is 16.5. The number of fused-ring (bicyclic) bond motifs is 4. The monoisotopic (exact) mass is 456 g/mol. The normalized spacial score (nSPS) is 18.4. The molecule has 5 rings (SSSR count). The third kappa shape index (κ3) is 3.69. The Morgan fingerprint density at radius 1 is 1.00 bits per heavy atom. The van der Waals surface area contributed by atoms with Crippen LogP contribution in [0.4, 0.5) is 0 Å². The third-order valence-corrected chi connectivity index (χ3v) is 6.89. The smallest absolute Gasteiger partial charge is 0.254 e. The number of carbonyl (C=O) groups is 2. The Morgan fingerprint density at radius 2 is 1.71 bits per heavy atom. The summed E-state index contributed by atoms with van der Waals surface area (Å²) in [5.74, 6) is 0.573. The largest absolute Gasteiger partial charge is 0.493 e. The van der Waals surface area contributed by atoms with Gasteiger partial charge in [-0.05, 0) is 53.8 Å². The van der Waals surface area contributed by atoms with Crippen LogP contribution in [0.15, 0.2) is 60.7 Å². The van der Waals surface area contributed by atoms with E-state index in [4.69, 9.17) is 9.47 Å². The average molecular weight is 457 g/mol. The van der Waals surface area contributed by atoms with Gasteiger partial charge in [-0.15, -0.1) is 0 Å². The molecule has 1 N–H and O–H groups in total. The molecule has 3 aromatic carbocycles. The second-order valence-corrected chi connectivity index (χ2v) is 8.87. The van der Waals surface area contributed by atoms with E-state index in [9.17, 15) is 9.59 Å². The van der Waals surface area contributed by atoms with Gasteiger partial charge in [-0.2, -0.15) is 0 Å². The van der Waals surface area contributed by atoms with E-state index >= 15 is 0 Å². The van der Waals surface area contributed by atoms with Crippen LogP contribution in [-0.4, -0.2) is 37.5 Å². The minimum Gasteiger partial charge on any atom is -0.493 e. The van der Waals surface area contributed by atoms with Gasteiger partial charge in [0.2, 0.25) is 5.91 Å². The van der Waals surface area contributed by atoms with E-state index in [0.29, 0.717) is 36.6 Å². The fourth-order valence-electron chi connectivity index (χ4n) is 5.14. The zero-order chi connectivity index (χ0) is 23.8. The van der Waals surface area contributed by atoms with E-state index in [2.05, 4.69) is 5.32 Å². The molecule has 0 bridgehead atoms. The van der Waals surface area contributed by atoms with Crippen LogP contribution in [0.1, 0.15) is 50.1 Å². The number of rotatable bonds is 5. The summed E-state index contributed by atoms with van der Waals surface area (Å²) in [7, 11) is 3.21. The molecule has 2 aliphatic heterocycles. The standard InChI is InChI=1S/C28H28N2O4/c1-17-8-10-18(11-9-17)16-29-27(31)25-20-6-4-5-7-21(20)28(32)30-13-12-19-14-23(33-2)24(34-3)15-22(19)26(25)30/h4-11,14-15,25-26H,12-13,16H2,1-3H3,(H,29,31). The first kappa shape index (κ1) is 22.0. The number of nitrogens with one attached hydrogen (secondary N) is 1. The maximum atomic E-state index is 13.7. The molecule has 0 saturated heterocycles. The minimum absolute atomic E-state index is 0.0383. The molecule has 0 spiro atoms. The van der Waals surface area contributed by atoms with E-state index in [1.165, 1.54) is 5.56 Å². The van der Waals surface area contributed by atoms with Gasteiger partial charge in [0.05, 0.1) is 26.2 Å². The molecular formula is C28H28N2O4. The fourth-order valence-corrected chi connectivity index (χ4v) is 5.14. The molecule has 2 amide bonds. The maximum absolute atomic E-state index is 13.7. The first-order chi connectivity index (χ1) is 16.5. The van der Waals surface area contributed by atoms with Gasteiger partial charge in [0.25, 0.3) is 5.91 Å². The number of ether oxygens (including phenoxy) is 2. The van der Waals surface area contributed by atoms with E-state index in [-0.39, 0.29) is 11.8 Å². The summed E-state index contributed by atoms with van der Waals surface area (Å²) < 4.78 is 11.1. The summed E-state index contributed by atoms with van der Waals surface area (Å²) in [4.78, 5) is 29.0. The Bertz CT molecular complexity index is 1250. The SMILES string of the molecule is COc1cc2c(cc1OC)C1C(C(=O)NCc3ccc(C)cc3)c3ccccc3C(=O)N1CC2. The van der Waals surface area contributed by atoms with Gasteiger partial charge in [-0.3, -0.25) is 9.59 Å². The molecule has 2 atom stereocenters. The number of methoxy groups -OCH3 is 2. The lowest BCUT2D eigenvalue weighted by atomic mass is 9.75. The molecule has 0 saturated carbocycles. The van der Waals surface area contributed by atoms with Crippen LogP contribution < -0.4 is 14.8 Å². The van der Waals surface area contributed by atoms with Crippen molar-refractivity contribution in [3.05, 3.63) is 94.0 Å². The summed E-state index contributed by atoms with van der Waals surface area (Å²) in [5.41, 5.74) is 5.57. The molecule has 0 radical (unpaired) electrons. The Kier molecular flexibility index (Phi) is 5.74. The molecule has 0 aromatic heterocycles. The molecule has 6 heteroatoms. The second-order valence-electron chi connectivity index (χ2n) is 8.87. The van der Waals surface area contributed by atoms with Crippen molar-refractivity contribution in [2.45, 2.75) is 31.8 Å². The van der Waals surface area contributed by atoms with Crippen molar-refractivity contribution in [3.63, 3.8) is 0 Å². The molecule has 0 fully saturated rings. The summed E-state index contributed by atoms with van der Waals surface area (Å²) >= 11 is 0. The van der Waals surface area contributed by atoms with Gasteiger partial charge in [0.15, 0.2) is 11.5 Å². The Balaban J connectivity index is 1.57. The van der Waals surface area contributed by atoms with Gasteiger partial charge >= 0.3 is 0 Å². The van der Waals surface area contributed by atoms with Crippen molar-refractivity contribution < 1.29 is 19.1 Å². The molecule has 174 valence electrons. The minimum atomic E-state index is -0.531. The quantitative estimate of drug-likeness (QED) is 0.626. The van der Waals surface area contributed by atoms with E-state index < -0.39 is 12.0 Å². The molecule has 2 unspecified atom stereocenters. The predicted molar refractivity (Wildman–Crippen MR) is 129 cm³/mol.